The number of aliphatic hydroxyl groups is 18. The van der Waals surface area contributed by atoms with Gasteiger partial charge in [0, 0.05) is 0 Å². The van der Waals surface area contributed by atoms with Gasteiger partial charge in [-0.1, -0.05) is 0 Å². The Hall–Kier alpha value is -0.920. The van der Waals surface area contributed by atoms with Gasteiger partial charge in [0.25, 0.3) is 0 Å². The molecule has 0 amide bonds. The molecule has 18 N–H and O–H groups in total. The maximum Gasteiger partial charge on any atom is 0.224 e. The van der Waals surface area contributed by atoms with Crippen molar-refractivity contribution in [3.05, 3.63) is 0 Å². The molecular weight excluding hydrogens is 656 g/mol. The molecule has 18 atom stereocenters. The molecule has 4 rings (SSSR count). The zero-order valence-electron chi connectivity index (χ0n) is 24.6. The first kappa shape index (κ1) is 42.2. The van der Waals surface area contributed by atoms with Crippen LogP contribution < -0.4 is 0 Å². The molecule has 6 unspecified atom stereocenters. The molecule has 0 aliphatic carbocycles. The first-order valence-corrected chi connectivity index (χ1v) is 14.1. The lowest BCUT2D eigenvalue weighted by molar-refractivity contribution is -0.383. The van der Waals surface area contributed by atoms with E-state index in [0.29, 0.717) is 0 Å². The molecule has 4 fully saturated rings. The summed E-state index contributed by atoms with van der Waals surface area (Å²) in [6, 6.07) is 0. The smallest absolute Gasteiger partial charge is 0.224 e. The highest BCUT2D eigenvalue weighted by molar-refractivity contribution is 4.98. The molecule has 280 valence electrons. The zero-order chi connectivity index (χ0) is 36.0. The minimum absolute atomic E-state index is 0.526. The maximum absolute atomic E-state index is 10.00. The van der Waals surface area contributed by atoms with Crippen molar-refractivity contribution in [2.75, 3.05) is 39.6 Å². The third-order valence-electron chi connectivity index (χ3n) is 7.87. The van der Waals surface area contributed by atoms with Crippen molar-refractivity contribution in [3.8, 4) is 0 Å². The van der Waals surface area contributed by atoms with Gasteiger partial charge in [0.05, 0.1) is 33.0 Å². The third-order valence-corrected chi connectivity index (χ3v) is 7.87. The molecule has 0 aromatic carbocycles. The fourth-order valence-electron chi connectivity index (χ4n) is 4.86. The van der Waals surface area contributed by atoms with Crippen LogP contribution in [-0.4, -0.2) is 241 Å². The number of rotatable bonds is 8. The van der Waals surface area contributed by atoms with Gasteiger partial charge in [-0.2, -0.15) is 0 Å². The third kappa shape index (κ3) is 9.06. The Kier molecular flexibility index (Phi) is 16.0. The molecule has 0 spiro atoms. The molecule has 4 aliphatic rings. The van der Waals surface area contributed by atoms with Crippen LogP contribution in [0.25, 0.3) is 0 Å². The summed E-state index contributed by atoms with van der Waals surface area (Å²) in [5.74, 6) is -4.38. The van der Waals surface area contributed by atoms with E-state index in [1.165, 1.54) is 0 Å². The standard InChI is InChI=1S/C12H22O11.2C6H12O6/c13-1-4-6(16)8(18)9(19)11(21-4)23-12(3-15)10(20)7(17)5(2-14)22-12;7-1-3-4(9)5(10)6(11,2-8)12-3;7-1-2-3(8)4(9)5(10)6(11)12-2/h4-11,13-20H,1-3H2;3-5,7-11H,1-2H2;2-11H,1H2/t4?,5-,6-,7?,8+,9?,10-,11+,12+;3-,4?,5-,6-;2?,3-,4+,5?,6-/m111/s1. The van der Waals surface area contributed by atoms with E-state index in [0.717, 1.165) is 0 Å². The summed E-state index contributed by atoms with van der Waals surface area (Å²) in [7, 11) is 0. The van der Waals surface area contributed by atoms with Gasteiger partial charge in [0.1, 0.15) is 92.1 Å². The van der Waals surface area contributed by atoms with Gasteiger partial charge in [-0.05, 0) is 0 Å². The van der Waals surface area contributed by atoms with Crippen molar-refractivity contribution in [1.29, 1.82) is 0 Å². The van der Waals surface area contributed by atoms with Crippen molar-refractivity contribution in [1.82, 2.24) is 0 Å². The Bertz CT molecular complexity index is 906. The highest BCUT2D eigenvalue weighted by atomic mass is 16.8. The summed E-state index contributed by atoms with van der Waals surface area (Å²) in [4.78, 5) is 0. The minimum atomic E-state index is -2.22. The van der Waals surface area contributed by atoms with Gasteiger partial charge < -0.3 is 116 Å². The Morgan fingerprint density at radius 3 is 1.30 bits per heavy atom. The Morgan fingerprint density at radius 2 is 0.894 bits per heavy atom. The summed E-state index contributed by atoms with van der Waals surface area (Å²) in [6.45, 7) is -4.21. The molecular formula is C24H46O23. The fourth-order valence-corrected chi connectivity index (χ4v) is 4.86. The topological polar surface area (TPSA) is 410 Å². The van der Waals surface area contributed by atoms with Crippen LogP contribution in [0, 0.1) is 0 Å². The van der Waals surface area contributed by atoms with Gasteiger partial charge in [0.15, 0.2) is 12.6 Å². The lowest BCUT2D eigenvalue weighted by Crippen LogP contribution is -2.62. The highest BCUT2D eigenvalue weighted by Gasteiger charge is 2.58. The number of hydrogen-bond donors (Lipinski definition) is 18. The lowest BCUT2D eigenvalue weighted by Gasteiger charge is -2.43. The largest absolute Gasteiger partial charge is 0.394 e. The van der Waals surface area contributed by atoms with Gasteiger partial charge in [-0.25, -0.2) is 0 Å². The molecule has 47 heavy (non-hydrogen) atoms. The van der Waals surface area contributed by atoms with Crippen LogP contribution in [0.3, 0.4) is 0 Å². The number of ether oxygens (including phenoxy) is 5. The van der Waals surface area contributed by atoms with Crippen LogP contribution >= 0.6 is 0 Å². The number of aliphatic hydroxyl groups excluding tert-OH is 17. The summed E-state index contributed by atoms with van der Waals surface area (Å²) in [5.41, 5.74) is 0. The first-order chi connectivity index (χ1) is 21.9. The molecule has 0 saturated carbocycles. The van der Waals surface area contributed by atoms with Crippen molar-refractivity contribution in [2.45, 2.75) is 110 Å². The normalized spacial score (nSPS) is 49.9. The van der Waals surface area contributed by atoms with Crippen molar-refractivity contribution in [3.63, 3.8) is 0 Å². The van der Waals surface area contributed by atoms with E-state index in [4.69, 9.17) is 70.4 Å². The predicted octanol–water partition coefficient (Wildman–Crippen LogP) is -11.8. The summed E-state index contributed by atoms with van der Waals surface area (Å²) in [5, 5.41) is 166. The quantitative estimate of drug-likeness (QED) is 0.112. The average Bonchev–Trinajstić information content (AvgIpc) is 3.45. The van der Waals surface area contributed by atoms with Crippen LogP contribution in [-0.2, 0) is 23.7 Å². The second-order valence-corrected chi connectivity index (χ2v) is 11.1. The summed E-state index contributed by atoms with van der Waals surface area (Å²) >= 11 is 0. The van der Waals surface area contributed by atoms with E-state index in [1.807, 2.05) is 0 Å². The van der Waals surface area contributed by atoms with Crippen molar-refractivity contribution < 1.29 is 116 Å². The second-order valence-electron chi connectivity index (χ2n) is 11.1. The molecule has 23 nitrogen and oxygen atoms in total. The molecule has 0 aromatic rings. The Balaban J connectivity index is 0.000000270. The molecule has 23 heteroatoms. The van der Waals surface area contributed by atoms with Gasteiger partial charge in [0.2, 0.25) is 11.6 Å². The zero-order valence-corrected chi connectivity index (χ0v) is 24.6. The van der Waals surface area contributed by atoms with E-state index in [9.17, 15) is 35.7 Å². The van der Waals surface area contributed by atoms with Crippen LogP contribution in [0.5, 0.6) is 0 Å². The van der Waals surface area contributed by atoms with E-state index >= 15 is 0 Å². The van der Waals surface area contributed by atoms with E-state index in [1.54, 1.807) is 0 Å². The highest BCUT2D eigenvalue weighted by Crippen LogP contribution is 2.36. The second kappa shape index (κ2) is 17.8. The monoisotopic (exact) mass is 702 g/mol. The average molecular weight is 703 g/mol. The molecule has 0 bridgehead atoms. The van der Waals surface area contributed by atoms with E-state index < -0.39 is 149 Å². The summed E-state index contributed by atoms with van der Waals surface area (Å²) < 4.78 is 24.6. The predicted molar refractivity (Wildman–Crippen MR) is 141 cm³/mol. The van der Waals surface area contributed by atoms with Gasteiger partial charge in [-0.3, -0.25) is 0 Å². The van der Waals surface area contributed by atoms with E-state index in [-0.39, 0.29) is 0 Å². The molecule has 0 aromatic heterocycles. The lowest BCUT2D eigenvalue weighted by atomic mass is 9.99. The Morgan fingerprint density at radius 1 is 0.447 bits per heavy atom. The van der Waals surface area contributed by atoms with Gasteiger partial charge >= 0.3 is 0 Å². The van der Waals surface area contributed by atoms with Gasteiger partial charge in [-0.15, -0.1) is 0 Å². The molecule has 4 saturated heterocycles. The Labute approximate surface area is 265 Å². The first-order valence-electron chi connectivity index (χ1n) is 14.1. The molecule has 4 aliphatic heterocycles. The van der Waals surface area contributed by atoms with Crippen molar-refractivity contribution in [2.24, 2.45) is 0 Å². The molecule has 0 radical (unpaired) electrons. The SMILES string of the molecule is OCC1O[C@@H](O)C(O)[C@@H](O)[C@@H]1O.OCC1O[C@@H](O[C@]2(CO)O[C@H](CO)C(O)[C@H]2O)C(O)[C@@H](O)[C@@H]1O.OC[C@H]1O[C@](O)(CO)[C@H](O)C1O. The number of hydrogen-bond acceptors (Lipinski definition) is 23. The molecule has 4 heterocycles. The minimum Gasteiger partial charge on any atom is -0.394 e. The van der Waals surface area contributed by atoms with Crippen molar-refractivity contribution >= 4 is 0 Å². The van der Waals surface area contributed by atoms with Crippen LogP contribution in [0.2, 0.25) is 0 Å². The van der Waals surface area contributed by atoms with Crippen LogP contribution in [0.4, 0.5) is 0 Å². The maximum atomic E-state index is 10.00. The fraction of sp³-hybridized carbons (Fsp3) is 1.00. The van der Waals surface area contributed by atoms with Crippen LogP contribution in [0.1, 0.15) is 0 Å². The van der Waals surface area contributed by atoms with Crippen LogP contribution in [0.15, 0.2) is 0 Å². The van der Waals surface area contributed by atoms with E-state index in [2.05, 4.69) is 9.47 Å². The summed E-state index contributed by atoms with van der Waals surface area (Å²) in [6.07, 6.45) is -23.7.